The molecule has 1 aromatic rings. The third-order valence-corrected chi connectivity index (χ3v) is 4.90. The van der Waals surface area contributed by atoms with Crippen LogP contribution in [0.2, 0.25) is 5.02 Å². The molecule has 0 saturated carbocycles. The summed E-state index contributed by atoms with van der Waals surface area (Å²) in [4.78, 5) is 0. The van der Waals surface area contributed by atoms with Gasteiger partial charge in [-0.1, -0.05) is 76.8 Å². The van der Waals surface area contributed by atoms with Gasteiger partial charge < -0.3 is 10.2 Å². The van der Waals surface area contributed by atoms with E-state index < -0.39 is 0 Å². The number of phenols is 2. The highest BCUT2D eigenvalue weighted by molar-refractivity contribution is 6.33. The van der Waals surface area contributed by atoms with E-state index in [-0.39, 0.29) is 11.5 Å². The summed E-state index contributed by atoms with van der Waals surface area (Å²) in [5.74, 6) is -0.252. The molecule has 0 aliphatic carbocycles. The van der Waals surface area contributed by atoms with E-state index in [2.05, 4.69) is 13.8 Å². The fraction of sp³-hybridized carbons (Fsp3) is 0.700. The van der Waals surface area contributed by atoms with Crippen molar-refractivity contribution in [3.05, 3.63) is 22.2 Å². The fourth-order valence-electron chi connectivity index (χ4n) is 3.03. The first-order valence-electron chi connectivity index (χ1n) is 9.33. The van der Waals surface area contributed by atoms with Gasteiger partial charge in [0.2, 0.25) is 0 Å². The van der Waals surface area contributed by atoms with Gasteiger partial charge in [0.25, 0.3) is 0 Å². The van der Waals surface area contributed by atoms with Crippen LogP contribution in [0.25, 0.3) is 0 Å². The zero-order chi connectivity index (χ0) is 17.1. The second-order valence-corrected chi connectivity index (χ2v) is 6.90. The van der Waals surface area contributed by atoms with E-state index in [4.69, 9.17) is 11.6 Å². The summed E-state index contributed by atoms with van der Waals surface area (Å²) < 4.78 is 0. The molecule has 0 aliphatic rings. The zero-order valence-corrected chi connectivity index (χ0v) is 15.6. The number of halogens is 1. The first kappa shape index (κ1) is 20.2. The smallest absolute Gasteiger partial charge is 0.176 e. The van der Waals surface area contributed by atoms with Crippen molar-refractivity contribution in [2.45, 2.75) is 90.9 Å². The van der Waals surface area contributed by atoms with E-state index in [0.29, 0.717) is 5.02 Å². The van der Waals surface area contributed by atoms with Gasteiger partial charge >= 0.3 is 0 Å². The van der Waals surface area contributed by atoms with Crippen molar-refractivity contribution in [1.29, 1.82) is 0 Å². The van der Waals surface area contributed by atoms with E-state index in [1.54, 1.807) is 6.07 Å². The largest absolute Gasteiger partial charge is 0.504 e. The molecule has 3 heteroatoms. The van der Waals surface area contributed by atoms with Gasteiger partial charge in [0.15, 0.2) is 11.5 Å². The molecule has 132 valence electrons. The first-order chi connectivity index (χ1) is 11.1. The molecule has 2 N–H and O–H groups in total. The van der Waals surface area contributed by atoms with Gasteiger partial charge in [-0.2, -0.15) is 0 Å². The molecule has 0 heterocycles. The van der Waals surface area contributed by atoms with Gasteiger partial charge in [-0.15, -0.1) is 0 Å². The predicted octanol–water partition coefficient (Wildman–Crippen LogP) is 6.78. The highest BCUT2D eigenvalue weighted by Crippen LogP contribution is 2.39. The number of hydrogen-bond donors (Lipinski definition) is 2. The van der Waals surface area contributed by atoms with E-state index in [9.17, 15) is 10.2 Å². The van der Waals surface area contributed by atoms with E-state index in [0.717, 1.165) is 36.8 Å². The molecule has 0 amide bonds. The fourth-order valence-corrected chi connectivity index (χ4v) is 3.35. The molecule has 0 atom stereocenters. The van der Waals surface area contributed by atoms with Crippen LogP contribution in [0.4, 0.5) is 0 Å². The number of aryl methyl sites for hydroxylation is 1. The minimum atomic E-state index is -0.162. The van der Waals surface area contributed by atoms with Gasteiger partial charge in [0.1, 0.15) is 0 Å². The molecule has 0 unspecified atom stereocenters. The third kappa shape index (κ3) is 7.03. The molecule has 2 nitrogen and oxygen atoms in total. The summed E-state index contributed by atoms with van der Waals surface area (Å²) in [6, 6.07) is 1.71. The van der Waals surface area contributed by atoms with Gasteiger partial charge in [-0.3, -0.25) is 0 Å². The lowest BCUT2D eigenvalue weighted by atomic mass is 9.95. The molecule has 0 saturated heterocycles. The number of aromatic hydroxyl groups is 2. The number of benzene rings is 1. The Bertz CT molecular complexity index is 457. The summed E-state index contributed by atoms with van der Waals surface area (Å²) >= 11 is 6.30. The SMILES string of the molecule is CCCCCCCc1cc(O)c(O)c(Cl)c1CCCCCCC. The summed E-state index contributed by atoms with van der Waals surface area (Å²) in [5.41, 5.74) is 2.14. The Morgan fingerprint density at radius 1 is 0.783 bits per heavy atom. The molecular formula is C20H33ClO2. The maximum atomic E-state index is 9.91. The van der Waals surface area contributed by atoms with Gasteiger partial charge in [0.05, 0.1) is 5.02 Å². The summed E-state index contributed by atoms with van der Waals surface area (Å²) in [7, 11) is 0. The van der Waals surface area contributed by atoms with Crippen LogP contribution in [0, 0.1) is 0 Å². The number of phenolic OH excluding ortho intramolecular Hbond substituents is 2. The minimum Gasteiger partial charge on any atom is -0.504 e. The van der Waals surface area contributed by atoms with E-state index in [1.165, 1.54) is 51.4 Å². The second kappa shape index (κ2) is 11.6. The van der Waals surface area contributed by atoms with Crippen molar-refractivity contribution in [2.24, 2.45) is 0 Å². The summed E-state index contributed by atoms with van der Waals surface area (Å²) in [6.45, 7) is 4.43. The molecule has 0 aromatic heterocycles. The van der Waals surface area contributed by atoms with Crippen LogP contribution in [0.5, 0.6) is 11.5 Å². The third-order valence-electron chi connectivity index (χ3n) is 4.49. The molecule has 0 fully saturated rings. The zero-order valence-electron chi connectivity index (χ0n) is 14.8. The van der Waals surface area contributed by atoms with Gasteiger partial charge in [-0.25, -0.2) is 0 Å². The van der Waals surface area contributed by atoms with Crippen LogP contribution in [0.15, 0.2) is 6.07 Å². The molecule has 0 aliphatic heterocycles. The van der Waals surface area contributed by atoms with Crippen molar-refractivity contribution in [1.82, 2.24) is 0 Å². The second-order valence-electron chi connectivity index (χ2n) is 6.52. The lowest BCUT2D eigenvalue weighted by Gasteiger charge is -2.14. The van der Waals surface area contributed by atoms with Crippen LogP contribution in [0.3, 0.4) is 0 Å². The van der Waals surface area contributed by atoms with Crippen molar-refractivity contribution < 1.29 is 10.2 Å². The van der Waals surface area contributed by atoms with Crippen molar-refractivity contribution in [3.8, 4) is 11.5 Å². The maximum absolute atomic E-state index is 9.91. The lowest BCUT2D eigenvalue weighted by Crippen LogP contribution is -1.98. The molecule has 1 aromatic carbocycles. The Morgan fingerprint density at radius 2 is 1.30 bits per heavy atom. The normalized spacial score (nSPS) is 11.1. The summed E-state index contributed by atoms with van der Waals surface area (Å²) in [6.07, 6.45) is 14.0. The van der Waals surface area contributed by atoms with E-state index >= 15 is 0 Å². The van der Waals surface area contributed by atoms with Crippen molar-refractivity contribution in [2.75, 3.05) is 0 Å². The monoisotopic (exact) mass is 340 g/mol. The Morgan fingerprint density at radius 3 is 1.87 bits per heavy atom. The highest BCUT2D eigenvalue weighted by Gasteiger charge is 2.15. The van der Waals surface area contributed by atoms with Crippen molar-refractivity contribution >= 4 is 11.6 Å². The number of unbranched alkanes of at least 4 members (excludes halogenated alkanes) is 8. The van der Waals surface area contributed by atoms with Crippen LogP contribution < -0.4 is 0 Å². The van der Waals surface area contributed by atoms with Gasteiger partial charge in [0, 0.05) is 0 Å². The average Bonchev–Trinajstić information content (AvgIpc) is 2.54. The molecule has 1 rings (SSSR count). The standard InChI is InChI=1S/C20H33ClO2/c1-3-5-7-9-11-13-16-15-18(22)20(23)19(21)17(16)14-12-10-8-6-4-2/h15,22-23H,3-14H2,1-2H3. The lowest BCUT2D eigenvalue weighted by molar-refractivity contribution is 0.402. The number of rotatable bonds is 12. The maximum Gasteiger partial charge on any atom is 0.176 e. The first-order valence-corrected chi connectivity index (χ1v) is 9.71. The Labute approximate surface area is 146 Å². The van der Waals surface area contributed by atoms with Gasteiger partial charge in [-0.05, 0) is 42.9 Å². The quantitative estimate of drug-likeness (QED) is 0.325. The number of hydrogen-bond acceptors (Lipinski definition) is 2. The van der Waals surface area contributed by atoms with Crippen LogP contribution >= 0.6 is 11.6 Å². The average molecular weight is 341 g/mol. The Hall–Kier alpha value is -0.890. The van der Waals surface area contributed by atoms with Crippen LogP contribution in [-0.4, -0.2) is 10.2 Å². The predicted molar refractivity (Wildman–Crippen MR) is 99.7 cm³/mol. The van der Waals surface area contributed by atoms with E-state index in [1.807, 2.05) is 0 Å². The Balaban J connectivity index is 2.66. The van der Waals surface area contributed by atoms with Crippen LogP contribution in [-0.2, 0) is 12.8 Å². The molecule has 23 heavy (non-hydrogen) atoms. The molecule has 0 radical (unpaired) electrons. The minimum absolute atomic E-state index is 0.0895. The Kier molecular flexibility index (Phi) is 10.2. The topological polar surface area (TPSA) is 40.5 Å². The molecule has 0 spiro atoms. The molecule has 0 bridgehead atoms. The highest BCUT2D eigenvalue weighted by atomic mass is 35.5. The van der Waals surface area contributed by atoms with Crippen molar-refractivity contribution in [3.63, 3.8) is 0 Å². The van der Waals surface area contributed by atoms with Crippen LogP contribution in [0.1, 0.15) is 89.2 Å². The summed E-state index contributed by atoms with van der Waals surface area (Å²) in [5, 5.41) is 20.1. The molecular weight excluding hydrogens is 308 g/mol.